The van der Waals surface area contributed by atoms with E-state index in [1.54, 1.807) is 49.4 Å². The molecular formula is C19H20FNO4. The lowest BCUT2D eigenvalue weighted by Gasteiger charge is -2.13. The van der Waals surface area contributed by atoms with Crippen LogP contribution in [0.2, 0.25) is 0 Å². The zero-order valence-corrected chi connectivity index (χ0v) is 13.9. The Morgan fingerprint density at radius 2 is 1.96 bits per heavy atom. The zero-order valence-electron chi connectivity index (χ0n) is 13.9. The van der Waals surface area contributed by atoms with Gasteiger partial charge in [-0.15, -0.1) is 0 Å². The van der Waals surface area contributed by atoms with Crippen molar-refractivity contribution in [2.45, 2.75) is 19.8 Å². The first kappa shape index (κ1) is 18.4. The number of rotatable bonds is 8. The summed E-state index contributed by atoms with van der Waals surface area (Å²) in [5.41, 5.74) is 1.11. The van der Waals surface area contributed by atoms with Crippen LogP contribution in [0.15, 0.2) is 48.5 Å². The van der Waals surface area contributed by atoms with Crippen LogP contribution in [0.1, 0.15) is 18.9 Å². The van der Waals surface area contributed by atoms with Gasteiger partial charge in [0.05, 0.1) is 0 Å². The maximum atomic E-state index is 13.6. The first-order valence-corrected chi connectivity index (χ1v) is 7.94. The van der Waals surface area contributed by atoms with Crippen LogP contribution in [0.25, 0.3) is 0 Å². The number of aliphatic carboxylic acids is 1. The molecule has 2 N–H and O–H groups in total. The maximum absolute atomic E-state index is 13.6. The van der Waals surface area contributed by atoms with E-state index in [0.29, 0.717) is 29.8 Å². The van der Waals surface area contributed by atoms with E-state index >= 15 is 0 Å². The Morgan fingerprint density at radius 3 is 2.68 bits per heavy atom. The average Bonchev–Trinajstić information content (AvgIpc) is 2.59. The highest BCUT2D eigenvalue weighted by molar-refractivity contribution is 5.92. The van der Waals surface area contributed by atoms with E-state index in [1.807, 2.05) is 0 Å². The Kier molecular flexibility index (Phi) is 6.51. The minimum Gasteiger partial charge on any atom is -0.482 e. The van der Waals surface area contributed by atoms with Gasteiger partial charge in [0.1, 0.15) is 11.6 Å². The number of carbonyl (C=O) groups is 2. The summed E-state index contributed by atoms with van der Waals surface area (Å²) in [7, 11) is 0. The van der Waals surface area contributed by atoms with Crippen molar-refractivity contribution in [1.82, 2.24) is 0 Å². The molecule has 5 nitrogen and oxygen atoms in total. The summed E-state index contributed by atoms with van der Waals surface area (Å²) in [6, 6.07) is 13.0. The average molecular weight is 345 g/mol. The highest BCUT2D eigenvalue weighted by Gasteiger charge is 2.14. The Bertz CT molecular complexity index is 748. The van der Waals surface area contributed by atoms with Crippen LogP contribution in [-0.2, 0) is 16.0 Å². The third kappa shape index (κ3) is 5.91. The van der Waals surface area contributed by atoms with Crippen molar-refractivity contribution in [2.24, 2.45) is 5.92 Å². The molecule has 1 atom stereocenters. The Hall–Kier alpha value is -2.89. The summed E-state index contributed by atoms with van der Waals surface area (Å²) >= 11 is 0. The Labute approximate surface area is 145 Å². The fourth-order valence-corrected chi connectivity index (χ4v) is 2.28. The number of halogens is 1. The molecule has 6 heteroatoms. The molecule has 0 aliphatic heterocycles. The van der Waals surface area contributed by atoms with Crippen molar-refractivity contribution in [3.8, 4) is 5.75 Å². The second-order valence-corrected chi connectivity index (χ2v) is 5.73. The van der Waals surface area contributed by atoms with Gasteiger partial charge in [-0.2, -0.15) is 0 Å². The molecular weight excluding hydrogens is 325 g/mol. The topological polar surface area (TPSA) is 75.6 Å². The Morgan fingerprint density at radius 1 is 1.20 bits per heavy atom. The second kappa shape index (κ2) is 8.82. The summed E-state index contributed by atoms with van der Waals surface area (Å²) in [4.78, 5) is 22.8. The molecule has 0 spiro atoms. The van der Waals surface area contributed by atoms with Crippen molar-refractivity contribution < 1.29 is 23.8 Å². The molecule has 25 heavy (non-hydrogen) atoms. The summed E-state index contributed by atoms with van der Waals surface area (Å²) in [6.45, 7) is 1.33. The number of carboxylic acid groups (broad SMARTS) is 1. The fraction of sp³-hybridized carbons (Fsp3) is 0.263. The van der Waals surface area contributed by atoms with E-state index in [4.69, 9.17) is 9.84 Å². The molecule has 0 heterocycles. The number of benzene rings is 2. The van der Waals surface area contributed by atoms with Crippen molar-refractivity contribution >= 4 is 17.6 Å². The molecule has 2 rings (SSSR count). The van der Waals surface area contributed by atoms with Crippen molar-refractivity contribution in [3.63, 3.8) is 0 Å². The summed E-state index contributed by atoms with van der Waals surface area (Å²) < 4.78 is 18.7. The molecule has 2 aromatic carbocycles. The molecule has 1 unspecified atom stereocenters. The van der Waals surface area contributed by atoms with Gasteiger partial charge in [-0.25, -0.2) is 9.18 Å². The van der Waals surface area contributed by atoms with Crippen molar-refractivity contribution in [3.05, 3.63) is 59.9 Å². The lowest BCUT2D eigenvalue weighted by Crippen LogP contribution is -2.21. The maximum Gasteiger partial charge on any atom is 0.341 e. The van der Waals surface area contributed by atoms with Crippen LogP contribution < -0.4 is 10.1 Å². The predicted octanol–water partition coefficient (Wildman–Crippen LogP) is 3.50. The highest BCUT2D eigenvalue weighted by Crippen LogP contribution is 2.19. The number of amides is 1. The molecule has 0 aliphatic rings. The van der Waals surface area contributed by atoms with E-state index in [2.05, 4.69) is 5.32 Å². The standard InChI is InChI=1S/C19H20FNO4/c1-13(9-10-14-5-2-3-8-17(14)20)19(24)21-15-6-4-7-16(11-15)25-12-18(22)23/h2-8,11,13H,9-10,12H2,1H3,(H,21,24)(H,22,23). The third-order valence-corrected chi connectivity index (χ3v) is 3.72. The van der Waals surface area contributed by atoms with Crippen LogP contribution in [0.5, 0.6) is 5.75 Å². The van der Waals surface area contributed by atoms with Gasteiger partial charge in [0.2, 0.25) is 5.91 Å². The third-order valence-electron chi connectivity index (χ3n) is 3.72. The van der Waals surface area contributed by atoms with E-state index in [9.17, 15) is 14.0 Å². The van der Waals surface area contributed by atoms with E-state index < -0.39 is 12.6 Å². The normalized spacial score (nSPS) is 11.6. The van der Waals surface area contributed by atoms with Crippen molar-refractivity contribution in [1.29, 1.82) is 0 Å². The van der Waals surface area contributed by atoms with Gasteiger partial charge in [-0.3, -0.25) is 4.79 Å². The number of carbonyl (C=O) groups excluding carboxylic acids is 1. The van der Waals surface area contributed by atoms with E-state index in [1.165, 1.54) is 6.07 Å². The van der Waals surface area contributed by atoms with Crippen LogP contribution in [0, 0.1) is 11.7 Å². The number of nitrogens with one attached hydrogen (secondary N) is 1. The summed E-state index contributed by atoms with van der Waals surface area (Å²) in [6.07, 6.45) is 0.991. The number of carboxylic acids is 1. The highest BCUT2D eigenvalue weighted by atomic mass is 19.1. The second-order valence-electron chi connectivity index (χ2n) is 5.73. The van der Waals surface area contributed by atoms with Gasteiger partial charge < -0.3 is 15.2 Å². The summed E-state index contributed by atoms with van der Waals surface area (Å²) in [5.74, 6) is -1.47. The molecule has 132 valence electrons. The predicted molar refractivity (Wildman–Crippen MR) is 92.1 cm³/mol. The van der Waals surface area contributed by atoms with Crippen molar-refractivity contribution in [2.75, 3.05) is 11.9 Å². The number of hydrogen-bond donors (Lipinski definition) is 2. The fourth-order valence-electron chi connectivity index (χ4n) is 2.28. The van der Waals surface area contributed by atoms with Gasteiger partial charge in [0, 0.05) is 17.7 Å². The van der Waals surface area contributed by atoms with Gasteiger partial charge in [-0.1, -0.05) is 31.2 Å². The van der Waals surface area contributed by atoms with Gasteiger partial charge in [0.25, 0.3) is 0 Å². The minimum atomic E-state index is -1.07. The molecule has 0 saturated carbocycles. The monoisotopic (exact) mass is 345 g/mol. The number of hydrogen-bond acceptors (Lipinski definition) is 3. The number of aryl methyl sites for hydroxylation is 1. The van der Waals surface area contributed by atoms with Gasteiger partial charge in [0.15, 0.2) is 6.61 Å². The summed E-state index contributed by atoms with van der Waals surface area (Å²) in [5, 5.41) is 11.4. The Balaban J connectivity index is 1.89. The molecule has 0 aromatic heterocycles. The SMILES string of the molecule is CC(CCc1ccccc1F)C(=O)Nc1cccc(OCC(=O)O)c1. The van der Waals surface area contributed by atoms with Crippen LogP contribution >= 0.6 is 0 Å². The minimum absolute atomic E-state index is 0.188. The molecule has 2 aromatic rings. The van der Waals surface area contributed by atoms with Crippen LogP contribution in [0.4, 0.5) is 10.1 Å². The molecule has 0 bridgehead atoms. The van der Waals surface area contributed by atoms with Gasteiger partial charge in [-0.05, 0) is 36.6 Å². The number of ether oxygens (including phenoxy) is 1. The smallest absolute Gasteiger partial charge is 0.341 e. The lowest BCUT2D eigenvalue weighted by atomic mass is 10.00. The molecule has 0 radical (unpaired) electrons. The first-order chi connectivity index (χ1) is 12.0. The largest absolute Gasteiger partial charge is 0.482 e. The van der Waals surface area contributed by atoms with E-state index in [0.717, 1.165) is 0 Å². The van der Waals surface area contributed by atoms with Crippen LogP contribution in [0.3, 0.4) is 0 Å². The molecule has 0 saturated heterocycles. The molecule has 0 fully saturated rings. The first-order valence-electron chi connectivity index (χ1n) is 7.94. The quantitative estimate of drug-likeness (QED) is 0.768. The van der Waals surface area contributed by atoms with Gasteiger partial charge >= 0.3 is 5.97 Å². The lowest BCUT2D eigenvalue weighted by molar-refractivity contribution is -0.139. The molecule has 1 amide bonds. The van der Waals surface area contributed by atoms with Crippen LogP contribution in [-0.4, -0.2) is 23.6 Å². The molecule has 0 aliphatic carbocycles. The van der Waals surface area contributed by atoms with E-state index in [-0.39, 0.29) is 17.6 Å². The number of anilines is 1. The zero-order chi connectivity index (χ0) is 18.2.